The van der Waals surface area contributed by atoms with Gasteiger partial charge in [-0.15, -0.1) is 0 Å². The van der Waals surface area contributed by atoms with E-state index in [4.69, 9.17) is 4.74 Å². The van der Waals surface area contributed by atoms with Gasteiger partial charge in [0.1, 0.15) is 5.60 Å². The Morgan fingerprint density at radius 2 is 1.94 bits per heavy atom. The lowest BCUT2D eigenvalue weighted by atomic mass is 9.99. The molecule has 0 amide bonds. The van der Waals surface area contributed by atoms with Gasteiger partial charge in [0.25, 0.3) is 0 Å². The van der Waals surface area contributed by atoms with Gasteiger partial charge in [-0.1, -0.05) is 33.6 Å². The van der Waals surface area contributed by atoms with E-state index in [2.05, 4.69) is 15.9 Å². The van der Waals surface area contributed by atoms with Crippen LogP contribution in [0.25, 0.3) is 0 Å². The second-order valence-corrected chi connectivity index (χ2v) is 6.13. The Kier molecular flexibility index (Phi) is 4.36. The Morgan fingerprint density at radius 1 is 1.35 bits per heavy atom. The number of carbonyl (C=O) groups excluding carboxylic acids is 1. The van der Waals surface area contributed by atoms with Gasteiger partial charge >= 0.3 is 5.97 Å². The summed E-state index contributed by atoms with van der Waals surface area (Å²) >= 11 is 3.47. The molecule has 0 radical (unpaired) electrons. The minimum atomic E-state index is -0.443. The van der Waals surface area contributed by atoms with Crippen molar-refractivity contribution in [3.8, 4) is 0 Å². The molecule has 3 heteroatoms. The number of rotatable bonds is 2. The molecule has 1 unspecified atom stereocenters. The van der Waals surface area contributed by atoms with Crippen molar-refractivity contribution in [2.75, 3.05) is 0 Å². The first-order valence-corrected chi connectivity index (χ1v) is 6.49. The monoisotopic (exact) mass is 298 g/mol. The molecule has 0 saturated heterocycles. The van der Waals surface area contributed by atoms with Gasteiger partial charge in [0.2, 0.25) is 0 Å². The highest BCUT2D eigenvalue weighted by molar-refractivity contribution is 9.10. The van der Waals surface area contributed by atoms with E-state index in [1.807, 2.05) is 52.8 Å². The van der Waals surface area contributed by atoms with Crippen LogP contribution in [0.1, 0.15) is 44.7 Å². The van der Waals surface area contributed by atoms with Crippen molar-refractivity contribution in [1.82, 2.24) is 0 Å². The van der Waals surface area contributed by atoms with Gasteiger partial charge in [-0.3, -0.25) is 4.79 Å². The topological polar surface area (TPSA) is 26.3 Å². The molecule has 0 aromatic heterocycles. The number of hydrogen-bond acceptors (Lipinski definition) is 2. The highest BCUT2D eigenvalue weighted by Gasteiger charge is 2.24. The van der Waals surface area contributed by atoms with Crippen molar-refractivity contribution < 1.29 is 9.53 Å². The van der Waals surface area contributed by atoms with Crippen molar-refractivity contribution in [3.05, 3.63) is 33.8 Å². The van der Waals surface area contributed by atoms with E-state index in [1.54, 1.807) is 0 Å². The molecule has 1 aromatic carbocycles. The van der Waals surface area contributed by atoms with Crippen LogP contribution in [0.15, 0.2) is 22.7 Å². The number of benzene rings is 1. The summed E-state index contributed by atoms with van der Waals surface area (Å²) in [6.07, 6.45) is 0. The zero-order valence-corrected chi connectivity index (χ0v) is 12.6. The third kappa shape index (κ3) is 4.15. The molecule has 1 atom stereocenters. The van der Waals surface area contributed by atoms with Crippen LogP contribution >= 0.6 is 15.9 Å². The highest BCUT2D eigenvalue weighted by Crippen LogP contribution is 2.28. The van der Waals surface area contributed by atoms with Crippen LogP contribution in [-0.4, -0.2) is 11.6 Å². The van der Waals surface area contributed by atoms with Crippen LogP contribution in [0, 0.1) is 6.92 Å². The molecule has 0 fully saturated rings. The van der Waals surface area contributed by atoms with Crippen molar-refractivity contribution in [2.24, 2.45) is 0 Å². The van der Waals surface area contributed by atoms with Gasteiger partial charge in [-0.2, -0.15) is 0 Å². The van der Waals surface area contributed by atoms with Crippen LogP contribution in [0.3, 0.4) is 0 Å². The summed E-state index contributed by atoms with van der Waals surface area (Å²) in [6, 6.07) is 5.99. The molecule has 0 aliphatic rings. The molecule has 94 valence electrons. The molecule has 1 rings (SSSR count). The molecule has 0 aliphatic carbocycles. The molecular weight excluding hydrogens is 280 g/mol. The maximum atomic E-state index is 12.0. The minimum Gasteiger partial charge on any atom is -0.460 e. The smallest absolute Gasteiger partial charge is 0.313 e. The fraction of sp³-hybridized carbons (Fsp3) is 0.500. The van der Waals surface area contributed by atoms with Crippen molar-refractivity contribution in [1.29, 1.82) is 0 Å². The standard InChI is InChI=1S/C14H19BrO2/c1-9-6-7-12(15)11(8-9)10(2)13(16)17-14(3,4)5/h6-8,10H,1-5H3. The lowest BCUT2D eigenvalue weighted by Gasteiger charge is -2.23. The van der Waals surface area contributed by atoms with Crippen molar-refractivity contribution in [3.63, 3.8) is 0 Å². The van der Waals surface area contributed by atoms with Crippen LogP contribution in [0.2, 0.25) is 0 Å². The van der Waals surface area contributed by atoms with E-state index in [0.29, 0.717) is 0 Å². The highest BCUT2D eigenvalue weighted by atomic mass is 79.9. The van der Waals surface area contributed by atoms with Crippen LogP contribution in [0.5, 0.6) is 0 Å². The van der Waals surface area contributed by atoms with Gasteiger partial charge in [0.15, 0.2) is 0 Å². The fourth-order valence-electron chi connectivity index (χ4n) is 1.51. The third-order valence-electron chi connectivity index (χ3n) is 2.38. The van der Waals surface area contributed by atoms with Gasteiger partial charge in [-0.25, -0.2) is 0 Å². The van der Waals surface area contributed by atoms with E-state index in [1.165, 1.54) is 0 Å². The Hall–Kier alpha value is -0.830. The molecule has 0 N–H and O–H groups in total. The maximum absolute atomic E-state index is 12.0. The molecule has 0 saturated carbocycles. The Labute approximate surface area is 111 Å². The first-order valence-electron chi connectivity index (χ1n) is 5.69. The zero-order chi connectivity index (χ0) is 13.2. The summed E-state index contributed by atoms with van der Waals surface area (Å²) < 4.78 is 6.33. The van der Waals surface area contributed by atoms with Gasteiger partial charge in [-0.05, 0) is 46.2 Å². The van der Waals surface area contributed by atoms with E-state index in [9.17, 15) is 4.79 Å². The molecular formula is C14H19BrO2. The van der Waals surface area contributed by atoms with E-state index >= 15 is 0 Å². The van der Waals surface area contributed by atoms with Gasteiger partial charge in [0, 0.05) is 4.47 Å². The Morgan fingerprint density at radius 3 is 2.47 bits per heavy atom. The van der Waals surface area contributed by atoms with Crippen molar-refractivity contribution in [2.45, 2.75) is 46.1 Å². The normalized spacial score (nSPS) is 13.3. The lowest BCUT2D eigenvalue weighted by molar-refractivity contribution is -0.156. The quantitative estimate of drug-likeness (QED) is 0.765. The molecule has 0 heterocycles. The molecule has 0 aliphatic heterocycles. The number of halogens is 1. The Bertz CT molecular complexity index is 419. The number of carbonyl (C=O) groups is 1. The second-order valence-electron chi connectivity index (χ2n) is 5.28. The van der Waals surface area contributed by atoms with Crippen LogP contribution < -0.4 is 0 Å². The second kappa shape index (κ2) is 5.21. The SMILES string of the molecule is Cc1ccc(Br)c(C(C)C(=O)OC(C)(C)C)c1. The average Bonchev–Trinajstić information content (AvgIpc) is 2.18. The largest absolute Gasteiger partial charge is 0.460 e. The van der Waals surface area contributed by atoms with Crippen LogP contribution in [-0.2, 0) is 9.53 Å². The Balaban J connectivity index is 2.92. The molecule has 17 heavy (non-hydrogen) atoms. The average molecular weight is 299 g/mol. The lowest BCUT2D eigenvalue weighted by Crippen LogP contribution is -2.27. The predicted molar refractivity (Wildman–Crippen MR) is 73.1 cm³/mol. The summed E-state index contributed by atoms with van der Waals surface area (Å²) in [5.74, 6) is -0.452. The third-order valence-corrected chi connectivity index (χ3v) is 3.10. The summed E-state index contributed by atoms with van der Waals surface area (Å²) in [5.41, 5.74) is 1.67. The fourth-order valence-corrected chi connectivity index (χ4v) is 2.10. The zero-order valence-electron chi connectivity index (χ0n) is 11.0. The number of ether oxygens (including phenoxy) is 1. The minimum absolute atomic E-state index is 0.191. The number of esters is 1. The van der Waals surface area contributed by atoms with Gasteiger partial charge < -0.3 is 4.74 Å². The summed E-state index contributed by atoms with van der Waals surface area (Å²) in [5, 5.41) is 0. The first-order chi connectivity index (χ1) is 7.70. The van der Waals surface area contributed by atoms with Crippen LogP contribution in [0.4, 0.5) is 0 Å². The summed E-state index contributed by atoms with van der Waals surface area (Å²) in [4.78, 5) is 12.0. The van der Waals surface area contributed by atoms with E-state index in [-0.39, 0.29) is 11.9 Å². The van der Waals surface area contributed by atoms with Gasteiger partial charge in [0.05, 0.1) is 5.92 Å². The van der Waals surface area contributed by atoms with E-state index < -0.39 is 5.60 Å². The molecule has 0 spiro atoms. The van der Waals surface area contributed by atoms with Crippen molar-refractivity contribution >= 4 is 21.9 Å². The van der Waals surface area contributed by atoms with E-state index in [0.717, 1.165) is 15.6 Å². The number of aryl methyl sites for hydroxylation is 1. The maximum Gasteiger partial charge on any atom is 0.313 e. The predicted octanol–water partition coefficient (Wildman–Crippen LogP) is 4.20. The molecule has 2 nitrogen and oxygen atoms in total. The molecule has 1 aromatic rings. The number of hydrogen-bond donors (Lipinski definition) is 0. The summed E-state index contributed by atoms with van der Waals surface area (Å²) in [7, 11) is 0. The first kappa shape index (κ1) is 14.2. The summed E-state index contributed by atoms with van der Waals surface area (Å²) in [6.45, 7) is 9.51. The molecule has 0 bridgehead atoms.